The van der Waals surface area contributed by atoms with Gasteiger partial charge in [-0.1, -0.05) is 20.8 Å². The van der Waals surface area contributed by atoms with Gasteiger partial charge in [0.05, 0.1) is 10.6 Å². The van der Waals surface area contributed by atoms with Crippen molar-refractivity contribution in [3.63, 3.8) is 0 Å². The molecule has 1 aliphatic heterocycles. The number of nitrogens with zero attached hydrogens (tertiary/aromatic N) is 1. The number of thiophene rings is 1. The van der Waals surface area contributed by atoms with E-state index in [1.165, 1.54) is 10.4 Å². The van der Waals surface area contributed by atoms with Gasteiger partial charge in [-0.25, -0.2) is 0 Å². The Bertz CT molecular complexity index is 497. The molecule has 106 valence electrons. The lowest BCUT2D eigenvalue weighted by Crippen LogP contribution is -2.35. The van der Waals surface area contributed by atoms with Crippen molar-refractivity contribution in [2.24, 2.45) is 5.41 Å². The van der Waals surface area contributed by atoms with Crippen LogP contribution >= 0.6 is 11.3 Å². The fraction of sp³-hybridized carbons (Fsp3) is 0.667. The molecular weight excluding hydrogens is 256 g/mol. The molecule has 1 aromatic rings. The quantitative estimate of drug-likeness (QED) is 0.845. The van der Waals surface area contributed by atoms with E-state index in [1.807, 2.05) is 20.8 Å². The van der Waals surface area contributed by atoms with E-state index in [2.05, 4.69) is 18.7 Å². The van der Waals surface area contributed by atoms with Crippen molar-refractivity contribution >= 4 is 22.1 Å². The second kappa shape index (κ2) is 4.91. The summed E-state index contributed by atoms with van der Waals surface area (Å²) in [5.74, 6) is 0.181. The minimum Gasteiger partial charge on any atom is -0.390 e. The Morgan fingerprint density at radius 1 is 1.37 bits per heavy atom. The summed E-state index contributed by atoms with van der Waals surface area (Å²) in [7, 11) is 0. The van der Waals surface area contributed by atoms with Crippen molar-refractivity contribution in [2.75, 3.05) is 12.3 Å². The second-order valence-electron chi connectivity index (χ2n) is 6.64. The normalized spacial score (nSPS) is 16.7. The van der Waals surface area contributed by atoms with Crippen LogP contribution in [0.15, 0.2) is 0 Å². The molecule has 2 N–H and O–H groups in total. The zero-order valence-electron chi connectivity index (χ0n) is 12.5. The van der Waals surface area contributed by atoms with Crippen LogP contribution in [0, 0.1) is 5.41 Å². The molecule has 2 heterocycles. The van der Waals surface area contributed by atoms with Crippen LogP contribution in [0.5, 0.6) is 0 Å². The Morgan fingerprint density at radius 3 is 2.53 bits per heavy atom. The molecule has 19 heavy (non-hydrogen) atoms. The molecule has 4 heteroatoms. The molecular formula is C15H24N2OS. The molecule has 0 aromatic carbocycles. The van der Waals surface area contributed by atoms with Crippen LogP contribution in [0.4, 0.5) is 5.00 Å². The number of Topliss-reactive ketones (excluding diaryl/α,β-unsaturated/α-hetero) is 1. The fourth-order valence-electron chi connectivity index (χ4n) is 2.51. The summed E-state index contributed by atoms with van der Waals surface area (Å²) in [6.07, 6.45) is 0.943. The molecule has 1 aromatic heterocycles. The third-order valence-corrected chi connectivity index (χ3v) is 4.80. The van der Waals surface area contributed by atoms with Gasteiger partial charge in [0.15, 0.2) is 5.78 Å². The number of hydrogen-bond donors (Lipinski definition) is 1. The van der Waals surface area contributed by atoms with E-state index in [1.54, 1.807) is 11.3 Å². The highest BCUT2D eigenvalue weighted by Crippen LogP contribution is 2.38. The molecule has 0 bridgehead atoms. The number of rotatable bonds is 2. The van der Waals surface area contributed by atoms with Crippen LogP contribution in [-0.2, 0) is 13.0 Å². The van der Waals surface area contributed by atoms with E-state index >= 15 is 0 Å². The molecule has 0 saturated carbocycles. The van der Waals surface area contributed by atoms with Crippen LogP contribution in [-0.4, -0.2) is 23.3 Å². The predicted molar refractivity (Wildman–Crippen MR) is 81.8 cm³/mol. The van der Waals surface area contributed by atoms with Crippen LogP contribution in [0.2, 0.25) is 0 Å². The lowest BCUT2D eigenvalue weighted by molar-refractivity contribution is 0.0857. The van der Waals surface area contributed by atoms with E-state index in [-0.39, 0.29) is 11.2 Å². The molecule has 0 unspecified atom stereocenters. The van der Waals surface area contributed by atoms with Crippen molar-refractivity contribution in [2.45, 2.75) is 53.6 Å². The highest BCUT2D eigenvalue weighted by molar-refractivity contribution is 7.16. The van der Waals surface area contributed by atoms with Crippen LogP contribution in [0.25, 0.3) is 0 Å². The first-order valence-corrected chi connectivity index (χ1v) is 7.72. The molecule has 1 aliphatic rings. The average Bonchev–Trinajstić information content (AvgIpc) is 2.61. The molecule has 0 aliphatic carbocycles. The highest BCUT2D eigenvalue weighted by atomic mass is 32.1. The minimum atomic E-state index is -0.363. The van der Waals surface area contributed by atoms with Crippen LogP contribution in [0.3, 0.4) is 0 Å². The standard InChI is InChI=1S/C15H24N2OS/c1-9(2)17-7-6-10-11(8-17)19-14(16)12(10)13(18)15(3,4)5/h9H,6-8,16H2,1-5H3. The van der Waals surface area contributed by atoms with Crippen molar-refractivity contribution in [1.29, 1.82) is 0 Å². The Hall–Kier alpha value is -0.870. The Balaban J connectivity index is 2.38. The van der Waals surface area contributed by atoms with Gasteiger partial charge in [0.25, 0.3) is 0 Å². The molecule has 0 radical (unpaired) electrons. The summed E-state index contributed by atoms with van der Waals surface area (Å²) in [5.41, 5.74) is 7.77. The number of fused-ring (bicyclic) bond motifs is 1. The van der Waals surface area contributed by atoms with Gasteiger partial charge >= 0.3 is 0 Å². The first-order valence-electron chi connectivity index (χ1n) is 6.90. The van der Waals surface area contributed by atoms with E-state index in [0.29, 0.717) is 11.0 Å². The largest absolute Gasteiger partial charge is 0.390 e. The molecule has 2 rings (SSSR count). The molecule has 0 spiro atoms. The SMILES string of the molecule is CC(C)N1CCc2c(sc(N)c2C(=O)C(C)(C)C)C1. The summed E-state index contributed by atoms with van der Waals surface area (Å²) >= 11 is 1.60. The van der Waals surface area contributed by atoms with Gasteiger partial charge in [0.1, 0.15) is 0 Å². The second-order valence-corrected chi connectivity index (χ2v) is 7.77. The van der Waals surface area contributed by atoms with Crippen molar-refractivity contribution in [1.82, 2.24) is 4.90 Å². The number of hydrogen-bond acceptors (Lipinski definition) is 4. The lowest BCUT2D eigenvalue weighted by atomic mass is 9.84. The number of anilines is 1. The maximum atomic E-state index is 12.5. The summed E-state index contributed by atoms with van der Waals surface area (Å²) in [6.45, 7) is 12.3. The zero-order chi connectivity index (χ0) is 14.4. The van der Waals surface area contributed by atoms with Gasteiger partial charge in [-0.15, -0.1) is 11.3 Å². The van der Waals surface area contributed by atoms with Crippen LogP contribution in [0.1, 0.15) is 55.4 Å². The lowest BCUT2D eigenvalue weighted by Gasteiger charge is -2.30. The Labute approximate surface area is 119 Å². The topological polar surface area (TPSA) is 46.3 Å². The summed E-state index contributed by atoms with van der Waals surface area (Å²) in [4.78, 5) is 16.3. The number of carbonyl (C=O) groups excluding carboxylic acids is 1. The van der Waals surface area contributed by atoms with Gasteiger partial charge in [-0.05, 0) is 25.8 Å². The maximum absolute atomic E-state index is 12.5. The van der Waals surface area contributed by atoms with E-state index in [9.17, 15) is 4.79 Å². The maximum Gasteiger partial charge on any atom is 0.171 e. The average molecular weight is 280 g/mol. The molecule has 3 nitrogen and oxygen atoms in total. The van der Waals surface area contributed by atoms with Gasteiger partial charge in [-0.2, -0.15) is 0 Å². The van der Waals surface area contributed by atoms with Crippen LogP contribution < -0.4 is 5.73 Å². The van der Waals surface area contributed by atoms with Gasteiger partial charge in [0.2, 0.25) is 0 Å². The molecule has 0 fully saturated rings. The van der Waals surface area contributed by atoms with Crippen molar-refractivity contribution in [3.05, 3.63) is 16.0 Å². The van der Waals surface area contributed by atoms with E-state index in [4.69, 9.17) is 5.73 Å². The highest BCUT2D eigenvalue weighted by Gasteiger charge is 2.32. The monoisotopic (exact) mass is 280 g/mol. The van der Waals surface area contributed by atoms with Crippen molar-refractivity contribution in [3.8, 4) is 0 Å². The zero-order valence-corrected chi connectivity index (χ0v) is 13.4. The Morgan fingerprint density at radius 2 is 2.00 bits per heavy atom. The third kappa shape index (κ3) is 2.70. The summed E-state index contributed by atoms with van der Waals surface area (Å²) in [5, 5.41) is 0.704. The Kier molecular flexibility index (Phi) is 3.76. The first-order chi connectivity index (χ1) is 8.71. The number of nitrogen functional groups attached to an aromatic ring is 1. The van der Waals surface area contributed by atoms with E-state index < -0.39 is 0 Å². The summed E-state index contributed by atoms with van der Waals surface area (Å²) in [6, 6.07) is 0.540. The minimum absolute atomic E-state index is 0.181. The van der Waals surface area contributed by atoms with Crippen molar-refractivity contribution < 1.29 is 4.79 Å². The predicted octanol–water partition coefficient (Wildman–Crippen LogP) is 3.33. The van der Waals surface area contributed by atoms with E-state index in [0.717, 1.165) is 25.1 Å². The van der Waals surface area contributed by atoms with Gasteiger partial charge in [0, 0.05) is 29.4 Å². The fourth-order valence-corrected chi connectivity index (χ4v) is 3.65. The molecule has 0 saturated heterocycles. The number of carbonyl (C=O) groups is 1. The van der Waals surface area contributed by atoms with Gasteiger partial charge in [-0.3, -0.25) is 9.69 Å². The number of ketones is 1. The summed E-state index contributed by atoms with van der Waals surface area (Å²) < 4.78 is 0. The molecule has 0 amide bonds. The third-order valence-electron chi connectivity index (χ3n) is 3.75. The molecule has 0 atom stereocenters. The smallest absolute Gasteiger partial charge is 0.171 e. The first kappa shape index (κ1) is 14.5. The number of nitrogens with two attached hydrogens (primary N) is 1. The van der Waals surface area contributed by atoms with Gasteiger partial charge < -0.3 is 5.73 Å².